The fourth-order valence-electron chi connectivity index (χ4n) is 8.44. The summed E-state index contributed by atoms with van der Waals surface area (Å²) >= 11 is 0. The molecular formula is C52H70N2O8. The summed E-state index contributed by atoms with van der Waals surface area (Å²) < 4.78 is 13.4. The number of fused-ring (bicyclic) bond motifs is 8. The van der Waals surface area contributed by atoms with Gasteiger partial charge in [-0.2, -0.15) is 0 Å². The van der Waals surface area contributed by atoms with Crippen LogP contribution in [0.2, 0.25) is 0 Å². The van der Waals surface area contributed by atoms with Crippen LogP contribution in [0.25, 0.3) is 0 Å². The van der Waals surface area contributed by atoms with Crippen molar-refractivity contribution in [2.24, 2.45) is 0 Å². The van der Waals surface area contributed by atoms with E-state index in [0.717, 1.165) is 97.6 Å². The van der Waals surface area contributed by atoms with Crippen molar-refractivity contribution < 1.29 is 29.5 Å². The van der Waals surface area contributed by atoms with Crippen LogP contribution in [0.5, 0.6) is 23.0 Å². The lowest BCUT2D eigenvalue weighted by Gasteiger charge is -2.26. The molecule has 4 aromatic rings. The van der Waals surface area contributed by atoms with Crippen molar-refractivity contribution in [1.29, 1.82) is 0 Å². The summed E-state index contributed by atoms with van der Waals surface area (Å²) in [6, 6.07) is 14.0. The normalized spacial score (nSPS) is 12.9. The first-order valence-electron chi connectivity index (χ1n) is 23.0. The highest BCUT2D eigenvalue weighted by molar-refractivity contribution is 5.61. The van der Waals surface area contributed by atoms with Crippen molar-refractivity contribution in [3.63, 3.8) is 0 Å². The molecule has 0 heterocycles. The topological polar surface area (TPSA) is 145 Å². The van der Waals surface area contributed by atoms with Crippen LogP contribution in [0.3, 0.4) is 0 Å². The number of aromatic hydroxyl groups is 2. The van der Waals surface area contributed by atoms with Crippen LogP contribution in [-0.2, 0) is 36.5 Å². The summed E-state index contributed by atoms with van der Waals surface area (Å²) in [5.41, 5.74) is 5.51. The maximum Gasteiger partial charge on any atom is 0.270 e. The summed E-state index contributed by atoms with van der Waals surface area (Å²) in [6.07, 6.45) is 13.3. The van der Waals surface area contributed by atoms with Gasteiger partial charge in [0.15, 0.2) is 0 Å². The van der Waals surface area contributed by atoms with E-state index in [-0.39, 0.29) is 59.4 Å². The van der Waals surface area contributed by atoms with Crippen LogP contribution in [-0.4, -0.2) is 33.3 Å². The molecule has 10 heteroatoms. The molecule has 1 aliphatic rings. The quantitative estimate of drug-likeness (QED) is 0.0503. The molecule has 2 N–H and O–H groups in total. The number of phenols is 2. The molecule has 62 heavy (non-hydrogen) atoms. The third kappa shape index (κ3) is 12.5. The minimum Gasteiger partial charge on any atom is -0.507 e. The Kier molecular flexibility index (Phi) is 16.5. The summed E-state index contributed by atoms with van der Waals surface area (Å²) in [6.45, 7) is 17.8. The van der Waals surface area contributed by atoms with E-state index in [1.54, 1.807) is 0 Å². The lowest BCUT2D eigenvalue weighted by molar-refractivity contribution is -0.385. The van der Waals surface area contributed by atoms with Crippen molar-refractivity contribution in [2.45, 2.75) is 169 Å². The molecule has 0 spiro atoms. The molecule has 1 aliphatic carbocycles. The number of phenolic OH excluding ortho intramolecular Hbond substituents is 2. The van der Waals surface area contributed by atoms with Crippen LogP contribution in [0.15, 0.2) is 48.5 Å². The zero-order valence-electron chi connectivity index (χ0n) is 38.6. The second-order valence-electron chi connectivity index (χ2n) is 19.4. The number of nitro groups is 2. The van der Waals surface area contributed by atoms with Gasteiger partial charge in [0.1, 0.15) is 23.0 Å². The number of nitrogens with zero attached hydrogens (tertiary/aromatic N) is 2. The van der Waals surface area contributed by atoms with Crippen molar-refractivity contribution in [3.05, 3.63) is 124 Å². The van der Waals surface area contributed by atoms with Crippen LogP contribution >= 0.6 is 0 Å². The Balaban J connectivity index is 1.78. The van der Waals surface area contributed by atoms with Gasteiger partial charge < -0.3 is 19.7 Å². The van der Waals surface area contributed by atoms with Gasteiger partial charge in [-0.1, -0.05) is 144 Å². The number of benzene rings is 4. The van der Waals surface area contributed by atoms with Crippen molar-refractivity contribution in [3.8, 4) is 23.0 Å². The first-order chi connectivity index (χ1) is 29.4. The lowest BCUT2D eigenvalue weighted by atomic mass is 9.81. The smallest absolute Gasteiger partial charge is 0.270 e. The predicted octanol–water partition coefficient (Wildman–Crippen LogP) is 13.7. The molecule has 4 aromatic carbocycles. The second kappa shape index (κ2) is 21.3. The van der Waals surface area contributed by atoms with Gasteiger partial charge in [0.2, 0.25) is 0 Å². The maximum absolute atomic E-state index is 12.6. The highest BCUT2D eigenvalue weighted by Crippen LogP contribution is 2.43. The number of hydrogen-bond acceptors (Lipinski definition) is 8. The number of ether oxygens (including phenoxy) is 2. The molecule has 336 valence electrons. The third-order valence-corrected chi connectivity index (χ3v) is 12.2. The third-order valence-electron chi connectivity index (χ3n) is 12.2. The molecular weight excluding hydrogens is 781 g/mol. The fraction of sp³-hybridized carbons (Fsp3) is 0.538. The molecule has 5 rings (SSSR count). The highest BCUT2D eigenvalue weighted by Gasteiger charge is 2.28. The van der Waals surface area contributed by atoms with E-state index in [0.29, 0.717) is 47.0 Å². The molecule has 10 nitrogen and oxygen atoms in total. The van der Waals surface area contributed by atoms with E-state index in [1.807, 2.05) is 24.3 Å². The van der Waals surface area contributed by atoms with E-state index in [9.17, 15) is 30.4 Å². The van der Waals surface area contributed by atoms with E-state index in [4.69, 9.17) is 9.47 Å². The Morgan fingerprint density at radius 1 is 0.468 bits per heavy atom. The monoisotopic (exact) mass is 851 g/mol. The van der Waals surface area contributed by atoms with Gasteiger partial charge in [0.05, 0.1) is 23.1 Å². The Bertz CT molecular complexity index is 1940. The molecule has 8 bridgehead atoms. The second-order valence-corrected chi connectivity index (χ2v) is 19.4. The molecule has 0 atom stereocenters. The number of nitro benzene ring substituents is 2. The first kappa shape index (κ1) is 47.9. The first-order valence-corrected chi connectivity index (χ1v) is 23.0. The van der Waals surface area contributed by atoms with Crippen LogP contribution < -0.4 is 9.47 Å². The van der Waals surface area contributed by atoms with E-state index in [1.165, 1.54) is 37.1 Å². The van der Waals surface area contributed by atoms with Gasteiger partial charge >= 0.3 is 0 Å². The van der Waals surface area contributed by atoms with Crippen LogP contribution in [0.4, 0.5) is 11.4 Å². The van der Waals surface area contributed by atoms with Gasteiger partial charge in [-0.15, -0.1) is 0 Å². The Hall–Kier alpha value is -5.12. The van der Waals surface area contributed by atoms with Gasteiger partial charge in [-0.05, 0) is 57.1 Å². The zero-order valence-corrected chi connectivity index (χ0v) is 38.6. The Labute approximate surface area is 369 Å². The van der Waals surface area contributed by atoms with Crippen molar-refractivity contribution in [2.75, 3.05) is 13.2 Å². The van der Waals surface area contributed by atoms with Crippen molar-refractivity contribution >= 4 is 11.4 Å². The molecule has 0 fully saturated rings. The number of non-ortho nitro benzene ring substituents is 2. The molecule has 0 amide bonds. The molecule has 0 radical (unpaired) electrons. The molecule has 0 unspecified atom stereocenters. The minimum atomic E-state index is -0.410. The minimum absolute atomic E-state index is 0.0182. The summed E-state index contributed by atoms with van der Waals surface area (Å²) in [7, 11) is 0. The molecule has 0 aromatic heterocycles. The van der Waals surface area contributed by atoms with E-state index < -0.39 is 9.85 Å². The van der Waals surface area contributed by atoms with E-state index in [2.05, 4.69) is 55.4 Å². The Morgan fingerprint density at radius 3 is 1.00 bits per heavy atom. The molecule has 0 aliphatic heterocycles. The average molecular weight is 851 g/mol. The van der Waals surface area contributed by atoms with Gasteiger partial charge in [0, 0.05) is 72.2 Å². The number of hydrogen-bond donors (Lipinski definition) is 2. The molecule has 0 saturated carbocycles. The largest absolute Gasteiger partial charge is 0.507 e. The Morgan fingerprint density at radius 2 is 0.742 bits per heavy atom. The SMILES string of the molecule is CCCCCCCCOc1c2cc(C(C)(C)C)cc1Cc1cc([N+](=O)[O-])cc(c1O)Cc1cc(C(C)(C)C)cc(c1OCCCCCCCC)Cc1cc([N+](=O)[O-])cc(c1O)C2. The highest BCUT2D eigenvalue weighted by atomic mass is 16.6. The number of unbranched alkanes of at least 4 members (excludes halogenated alkanes) is 10. The summed E-state index contributed by atoms with van der Waals surface area (Å²) in [5, 5.41) is 49.7. The standard InChI is InChI=1S/C52H70N2O8/c1-9-11-13-15-17-19-21-61-49-39-23-35-31-45(53(57)58)33-37(47(35)55)25-41-29-44(52(6,7)8)30-42(50(41)62-22-20-18-16-14-12-10-2)26-38-34-46(54(59)60)32-36(48(38)56)24-40(49)28-43(27-39)51(3,4)5/h27-34,55-56H,9-26H2,1-8H3. The van der Waals surface area contributed by atoms with Crippen molar-refractivity contribution in [1.82, 2.24) is 0 Å². The van der Waals surface area contributed by atoms with Gasteiger partial charge in [0.25, 0.3) is 11.4 Å². The van der Waals surface area contributed by atoms with Crippen LogP contribution in [0.1, 0.15) is 188 Å². The van der Waals surface area contributed by atoms with Gasteiger partial charge in [-0.25, -0.2) is 0 Å². The fourth-order valence-corrected chi connectivity index (χ4v) is 8.44. The van der Waals surface area contributed by atoms with Crippen LogP contribution in [0, 0.1) is 20.2 Å². The summed E-state index contributed by atoms with van der Waals surface area (Å²) in [5.74, 6) is 1.08. The molecule has 0 saturated heterocycles. The zero-order chi connectivity index (χ0) is 45.2. The predicted molar refractivity (Wildman–Crippen MR) is 249 cm³/mol. The van der Waals surface area contributed by atoms with E-state index >= 15 is 0 Å². The maximum atomic E-state index is 12.6. The number of rotatable bonds is 18. The van der Waals surface area contributed by atoms with Gasteiger partial charge in [-0.3, -0.25) is 20.2 Å². The average Bonchev–Trinajstić information content (AvgIpc) is 3.19. The summed E-state index contributed by atoms with van der Waals surface area (Å²) in [4.78, 5) is 24.4. The lowest BCUT2D eigenvalue weighted by Crippen LogP contribution is -2.15.